The number of aliphatic hydroxyl groups is 2. The molecular weight excluding hydrogens is 472 g/mol. The fourth-order valence-electron chi connectivity index (χ4n) is 4.03. The van der Waals surface area contributed by atoms with Crippen molar-refractivity contribution in [1.82, 2.24) is 16.0 Å². The molecule has 1 aromatic carbocycles. The Morgan fingerprint density at radius 2 is 1.78 bits per heavy atom. The molecule has 0 aromatic heterocycles. The van der Waals surface area contributed by atoms with Crippen molar-refractivity contribution in [1.29, 1.82) is 0 Å². The van der Waals surface area contributed by atoms with Gasteiger partial charge in [-0.15, -0.1) is 0 Å². The van der Waals surface area contributed by atoms with E-state index < -0.39 is 48.4 Å². The highest BCUT2D eigenvalue weighted by Gasteiger charge is 2.33. The molecule has 0 spiro atoms. The van der Waals surface area contributed by atoms with Gasteiger partial charge in [0, 0.05) is 12.5 Å². The number of carbonyl (C=O) groups excluding carboxylic acids is 4. The molecular formula is C24H36N4O8. The quantitative estimate of drug-likeness (QED) is 0.152. The number of methoxy groups -OCH3 is 2. The molecule has 1 fully saturated rings. The number of Topliss-reactive ketones (excluding diaryl/α,β-unsaturated/α-hetero) is 1. The molecule has 1 unspecified atom stereocenters. The average molecular weight is 509 g/mol. The highest BCUT2D eigenvalue weighted by atomic mass is 16.5. The Kier molecular flexibility index (Phi) is 11.1. The minimum Gasteiger partial charge on any atom is -0.494 e. The molecule has 1 aromatic rings. The third kappa shape index (κ3) is 7.90. The largest absolute Gasteiger partial charge is 0.494 e. The van der Waals surface area contributed by atoms with Gasteiger partial charge in [-0.1, -0.05) is 19.9 Å². The van der Waals surface area contributed by atoms with Crippen molar-refractivity contribution in [2.45, 2.75) is 51.4 Å². The van der Waals surface area contributed by atoms with Crippen LogP contribution in [0.15, 0.2) is 18.2 Å². The highest BCUT2D eigenvalue weighted by Crippen LogP contribution is 2.34. The summed E-state index contributed by atoms with van der Waals surface area (Å²) in [6, 6.07) is 2.88. The summed E-state index contributed by atoms with van der Waals surface area (Å²) < 4.78 is 10.4. The lowest BCUT2D eigenvalue weighted by molar-refractivity contribution is -0.137. The Hall–Kier alpha value is -3.22. The Labute approximate surface area is 210 Å². The van der Waals surface area contributed by atoms with Crippen LogP contribution in [0, 0.1) is 11.8 Å². The van der Waals surface area contributed by atoms with E-state index in [1.165, 1.54) is 14.2 Å². The van der Waals surface area contributed by atoms with E-state index >= 15 is 0 Å². The molecule has 1 heterocycles. The van der Waals surface area contributed by atoms with Crippen molar-refractivity contribution >= 4 is 29.2 Å². The zero-order valence-electron chi connectivity index (χ0n) is 21.0. The fraction of sp³-hybridized carbons (Fsp3) is 0.583. The third-order valence-corrected chi connectivity index (χ3v) is 5.90. The first kappa shape index (κ1) is 29.0. The van der Waals surface area contributed by atoms with Crippen LogP contribution < -0.4 is 30.7 Å². The topological polar surface area (TPSA) is 175 Å². The molecule has 0 saturated carbocycles. The van der Waals surface area contributed by atoms with Crippen molar-refractivity contribution in [3.05, 3.63) is 18.2 Å². The van der Waals surface area contributed by atoms with Crippen molar-refractivity contribution < 1.29 is 38.9 Å². The normalized spacial score (nSPS) is 17.6. The number of ketones is 1. The zero-order chi connectivity index (χ0) is 26.8. The number of ether oxygens (including phenoxy) is 2. The number of carbonyl (C=O) groups is 4. The summed E-state index contributed by atoms with van der Waals surface area (Å²) in [6.45, 7) is 3.45. The standard InChI is InChI=1S/C24H36N4O8/c1-13(2)10-16(22(32)26-15(17(30)12-29)11-14-8-9-25-21(14)31)27-23(33)24(34)28-20-18(35-3)6-5-7-19(20)36-4/h5-7,13-16,22,26,29,32H,8-12H2,1-4H3,(H,25,31)(H,27,33)(H,28,34)/t14-,15-,16-,22?/m0/s1. The van der Waals surface area contributed by atoms with E-state index in [4.69, 9.17) is 9.47 Å². The second-order valence-electron chi connectivity index (χ2n) is 9.00. The smallest absolute Gasteiger partial charge is 0.313 e. The maximum absolute atomic E-state index is 12.7. The number of aliphatic hydroxyl groups excluding tert-OH is 2. The number of benzene rings is 1. The van der Waals surface area contributed by atoms with E-state index in [9.17, 15) is 29.4 Å². The van der Waals surface area contributed by atoms with Gasteiger partial charge in [0.25, 0.3) is 0 Å². The van der Waals surface area contributed by atoms with Crippen molar-refractivity contribution in [3.8, 4) is 11.5 Å². The van der Waals surface area contributed by atoms with Crippen LogP contribution in [0.2, 0.25) is 0 Å². The molecule has 1 saturated heterocycles. The van der Waals surface area contributed by atoms with Gasteiger partial charge in [-0.25, -0.2) is 0 Å². The van der Waals surface area contributed by atoms with E-state index in [0.717, 1.165) is 0 Å². The van der Waals surface area contributed by atoms with Crippen molar-refractivity contribution in [2.75, 3.05) is 32.7 Å². The predicted molar refractivity (Wildman–Crippen MR) is 130 cm³/mol. The van der Waals surface area contributed by atoms with Gasteiger partial charge in [0.1, 0.15) is 30.0 Å². The van der Waals surface area contributed by atoms with Gasteiger partial charge < -0.3 is 35.6 Å². The van der Waals surface area contributed by atoms with Gasteiger partial charge in [-0.05, 0) is 37.3 Å². The molecule has 0 bridgehead atoms. The van der Waals surface area contributed by atoms with E-state index in [1.54, 1.807) is 18.2 Å². The number of hydrogen-bond acceptors (Lipinski definition) is 9. The van der Waals surface area contributed by atoms with Crippen molar-refractivity contribution in [2.24, 2.45) is 11.8 Å². The van der Waals surface area contributed by atoms with Gasteiger partial charge in [0.2, 0.25) is 5.91 Å². The third-order valence-electron chi connectivity index (χ3n) is 5.90. The maximum Gasteiger partial charge on any atom is 0.313 e. The number of nitrogens with one attached hydrogen (secondary N) is 4. The summed E-state index contributed by atoms with van der Waals surface area (Å²) in [6.07, 6.45) is -0.548. The average Bonchev–Trinajstić information content (AvgIpc) is 3.26. The second-order valence-corrected chi connectivity index (χ2v) is 9.00. The molecule has 2 rings (SSSR count). The highest BCUT2D eigenvalue weighted by molar-refractivity contribution is 6.40. The number of anilines is 1. The van der Waals surface area contributed by atoms with E-state index in [-0.39, 0.29) is 41.9 Å². The van der Waals surface area contributed by atoms with Crippen LogP contribution in [0.4, 0.5) is 5.69 Å². The lowest BCUT2D eigenvalue weighted by Gasteiger charge is -2.30. The minimum absolute atomic E-state index is 0.0109. The Morgan fingerprint density at radius 1 is 1.14 bits per heavy atom. The SMILES string of the molecule is COc1cccc(OC)c1NC(=O)C(=O)N[C@@H](CC(C)C)C(O)N[C@@H](C[C@@H]1CCNC1=O)C(=O)CO. The van der Waals surface area contributed by atoms with E-state index in [2.05, 4.69) is 21.3 Å². The van der Waals surface area contributed by atoms with Crippen LogP contribution >= 0.6 is 0 Å². The van der Waals surface area contributed by atoms with E-state index in [0.29, 0.717) is 13.0 Å². The lowest BCUT2D eigenvalue weighted by Crippen LogP contribution is -2.57. The molecule has 3 amide bonds. The number of rotatable bonds is 13. The summed E-state index contributed by atoms with van der Waals surface area (Å²) in [5, 5.41) is 30.6. The van der Waals surface area contributed by atoms with Crippen molar-refractivity contribution in [3.63, 3.8) is 0 Å². The molecule has 12 heteroatoms. The van der Waals surface area contributed by atoms with Gasteiger partial charge in [-0.2, -0.15) is 0 Å². The maximum atomic E-state index is 12.7. The molecule has 200 valence electrons. The molecule has 0 aliphatic carbocycles. The first-order chi connectivity index (χ1) is 17.1. The molecule has 4 atom stereocenters. The Morgan fingerprint density at radius 3 is 2.28 bits per heavy atom. The first-order valence-corrected chi connectivity index (χ1v) is 11.8. The first-order valence-electron chi connectivity index (χ1n) is 11.8. The molecule has 6 N–H and O–H groups in total. The van der Waals surface area contributed by atoms with Crippen LogP contribution in [0.3, 0.4) is 0 Å². The lowest BCUT2D eigenvalue weighted by atomic mass is 9.95. The molecule has 12 nitrogen and oxygen atoms in total. The summed E-state index contributed by atoms with van der Waals surface area (Å²) >= 11 is 0. The number of para-hydroxylation sites is 1. The molecule has 1 aliphatic heterocycles. The van der Waals surface area contributed by atoms with E-state index in [1.807, 2.05) is 13.8 Å². The Bertz CT molecular complexity index is 916. The summed E-state index contributed by atoms with van der Waals surface area (Å²) in [5.74, 6) is -2.67. The van der Waals surface area contributed by atoms with Crippen LogP contribution in [-0.4, -0.2) is 79.4 Å². The van der Waals surface area contributed by atoms with Gasteiger partial charge in [-0.3, -0.25) is 24.5 Å². The Balaban J connectivity index is 2.13. The van der Waals surface area contributed by atoms with Gasteiger partial charge >= 0.3 is 11.8 Å². The number of amides is 3. The van der Waals surface area contributed by atoms with Gasteiger partial charge in [0.05, 0.1) is 26.3 Å². The molecule has 36 heavy (non-hydrogen) atoms. The fourth-order valence-corrected chi connectivity index (χ4v) is 4.03. The van der Waals surface area contributed by atoms with Gasteiger partial charge in [0.15, 0.2) is 5.78 Å². The number of hydrogen-bond donors (Lipinski definition) is 6. The summed E-state index contributed by atoms with van der Waals surface area (Å²) in [5.41, 5.74) is 0.171. The van der Waals surface area contributed by atoms with Crippen LogP contribution in [0.1, 0.15) is 33.1 Å². The monoisotopic (exact) mass is 508 g/mol. The predicted octanol–water partition coefficient (Wildman–Crippen LogP) is -0.463. The second kappa shape index (κ2) is 13.8. The zero-order valence-corrected chi connectivity index (χ0v) is 21.0. The van der Waals surface area contributed by atoms with Crippen LogP contribution in [-0.2, 0) is 19.2 Å². The molecule has 0 radical (unpaired) electrons. The van der Waals surface area contributed by atoms with Crippen LogP contribution in [0.5, 0.6) is 11.5 Å². The summed E-state index contributed by atoms with van der Waals surface area (Å²) in [4.78, 5) is 49.7. The summed E-state index contributed by atoms with van der Waals surface area (Å²) in [7, 11) is 2.81. The molecule has 1 aliphatic rings. The van der Waals surface area contributed by atoms with Crippen LogP contribution in [0.25, 0.3) is 0 Å². The minimum atomic E-state index is -1.44.